The van der Waals surface area contributed by atoms with Crippen LogP contribution in [0.5, 0.6) is 0 Å². The third-order valence-corrected chi connectivity index (χ3v) is 7.06. The largest absolute Gasteiger partial charge is 0.368 e. The molecule has 7 nitrogen and oxygen atoms in total. The fraction of sp³-hybridized carbons (Fsp3) is 0.286. The Morgan fingerprint density at radius 1 is 0.944 bits per heavy atom. The average Bonchev–Trinajstić information content (AvgIpc) is 3.15. The third-order valence-electron chi connectivity index (χ3n) is 7.06. The number of aromatic nitrogens is 1. The zero-order valence-electron chi connectivity index (χ0n) is 19.8. The van der Waals surface area contributed by atoms with Gasteiger partial charge >= 0.3 is 0 Å². The maximum absolute atomic E-state index is 14.2. The molecule has 0 saturated carbocycles. The van der Waals surface area contributed by atoms with Crippen molar-refractivity contribution in [3.8, 4) is 0 Å². The van der Waals surface area contributed by atoms with E-state index in [1.807, 2.05) is 30.3 Å². The topological polar surface area (TPSA) is 73.8 Å². The van der Waals surface area contributed by atoms with Crippen molar-refractivity contribution in [1.82, 2.24) is 14.8 Å². The zero-order valence-corrected chi connectivity index (χ0v) is 19.8. The molecule has 5 rings (SSSR count). The van der Waals surface area contributed by atoms with Crippen LogP contribution in [0.1, 0.15) is 24.0 Å². The third kappa shape index (κ3) is 4.58. The van der Waals surface area contributed by atoms with Crippen molar-refractivity contribution >= 4 is 23.4 Å². The molecular weight excluding hydrogens is 459 g/mol. The lowest BCUT2D eigenvalue weighted by atomic mass is 9.75. The number of nitrogens with zero attached hydrogens (tertiary/aromatic N) is 4. The molecule has 2 aliphatic heterocycles. The molecule has 0 radical (unpaired) electrons. The summed E-state index contributed by atoms with van der Waals surface area (Å²) in [6, 6.07) is 19.2. The van der Waals surface area contributed by atoms with Crippen LogP contribution in [0.3, 0.4) is 0 Å². The van der Waals surface area contributed by atoms with Crippen molar-refractivity contribution in [2.24, 2.45) is 0 Å². The molecule has 36 heavy (non-hydrogen) atoms. The molecule has 3 amide bonds. The number of hydrogen-bond donors (Lipinski definition) is 0. The molecule has 184 valence electrons. The van der Waals surface area contributed by atoms with Crippen LogP contribution in [0, 0.1) is 5.82 Å². The van der Waals surface area contributed by atoms with Gasteiger partial charge in [0.05, 0.1) is 12.0 Å². The molecule has 3 heterocycles. The molecule has 0 N–H and O–H groups in total. The second kappa shape index (κ2) is 9.89. The quantitative estimate of drug-likeness (QED) is 0.501. The Morgan fingerprint density at radius 3 is 2.42 bits per heavy atom. The first-order valence-electron chi connectivity index (χ1n) is 12.0. The molecule has 0 spiro atoms. The Balaban J connectivity index is 1.37. The number of pyridine rings is 1. The Kier molecular flexibility index (Phi) is 6.50. The van der Waals surface area contributed by atoms with Gasteiger partial charge in [0, 0.05) is 57.1 Å². The van der Waals surface area contributed by atoms with E-state index in [1.54, 1.807) is 35.5 Å². The summed E-state index contributed by atoms with van der Waals surface area (Å²) in [7, 11) is 0. The molecule has 3 aromatic rings. The number of piperazine rings is 1. The van der Waals surface area contributed by atoms with Gasteiger partial charge in [-0.1, -0.05) is 36.4 Å². The van der Waals surface area contributed by atoms with E-state index in [0.717, 1.165) is 5.69 Å². The van der Waals surface area contributed by atoms with Crippen molar-refractivity contribution in [3.63, 3.8) is 0 Å². The molecule has 2 fully saturated rings. The Labute approximate surface area is 209 Å². The highest BCUT2D eigenvalue weighted by atomic mass is 19.1. The second-order valence-corrected chi connectivity index (χ2v) is 9.30. The van der Waals surface area contributed by atoms with Gasteiger partial charge in [0.15, 0.2) is 0 Å². The minimum Gasteiger partial charge on any atom is -0.368 e. The lowest BCUT2D eigenvalue weighted by molar-refractivity contribution is -0.143. The summed E-state index contributed by atoms with van der Waals surface area (Å²) in [5, 5.41) is 0. The van der Waals surface area contributed by atoms with Crippen LogP contribution in [0.15, 0.2) is 79.1 Å². The Bertz CT molecular complexity index is 1260. The summed E-state index contributed by atoms with van der Waals surface area (Å²) in [6.07, 6.45) is 2.85. The van der Waals surface area contributed by atoms with Crippen LogP contribution in [0.4, 0.5) is 10.1 Å². The van der Waals surface area contributed by atoms with Crippen molar-refractivity contribution < 1.29 is 18.8 Å². The summed E-state index contributed by atoms with van der Waals surface area (Å²) in [6.45, 7) is 2.42. The van der Waals surface area contributed by atoms with E-state index in [4.69, 9.17) is 0 Å². The predicted molar refractivity (Wildman–Crippen MR) is 132 cm³/mol. The molecule has 2 saturated heterocycles. The van der Waals surface area contributed by atoms with Gasteiger partial charge < -0.3 is 9.80 Å². The minimum absolute atomic E-state index is 0.0620. The maximum atomic E-state index is 14.2. The fourth-order valence-corrected chi connectivity index (χ4v) is 5.11. The van der Waals surface area contributed by atoms with Gasteiger partial charge in [-0.2, -0.15) is 0 Å². The fourth-order valence-electron chi connectivity index (χ4n) is 5.11. The minimum atomic E-state index is -1.44. The molecule has 8 heteroatoms. The molecule has 1 atom stereocenters. The number of carbonyl (C=O) groups excluding carboxylic acids is 3. The number of likely N-dealkylation sites (tertiary alicyclic amines) is 1. The molecule has 1 unspecified atom stereocenters. The van der Waals surface area contributed by atoms with Gasteiger partial charge in [-0.15, -0.1) is 0 Å². The van der Waals surface area contributed by atoms with E-state index in [1.165, 1.54) is 23.1 Å². The van der Waals surface area contributed by atoms with Gasteiger partial charge in [0.1, 0.15) is 5.82 Å². The second-order valence-electron chi connectivity index (χ2n) is 9.30. The molecular formula is C28H27FN4O3. The van der Waals surface area contributed by atoms with E-state index in [-0.39, 0.29) is 31.2 Å². The van der Waals surface area contributed by atoms with E-state index in [2.05, 4.69) is 9.88 Å². The normalized spacial score (nSPS) is 20.2. The van der Waals surface area contributed by atoms with E-state index < -0.39 is 17.1 Å². The number of benzene rings is 2. The number of rotatable bonds is 6. The van der Waals surface area contributed by atoms with Crippen LogP contribution in [-0.2, 0) is 26.3 Å². The first-order chi connectivity index (χ1) is 17.5. The van der Waals surface area contributed by atoms with E-state index >= 15 is 0 Å². The smallest absolute Gasteiger partial charge is 0.241 e. The van der Waals surface area contributed by atoms with E-state index in [0.29, 0.717) is 37.3 Å². The number of hydrogen-bond acceptors (Lipinski definition) is 5. The summed E-state index contributed by atoms with van der Waals surface area (Å²) in [5.74, 6) is -1.58. The van der Waals surface area contributed by atoms with Gasteiger partial charge in [0.2, 0.25) is 17.7 Å². The molecule has 2 aliphatic rings. The maximum Gasteiger partial charge on any atom is 0.241 e. The lowest BCUT2D eigenvalue weighted by Crippen LogP contribution is -2.51. The Hall–Kier alpha value is -4.07. The predicted octanol–water partition coefficient (Wildman–Crippen LogP) is 3.16. The number of para-hydroxylation sites is 1. The summed E-state index contributed by atoms with van der Waals surface area (Å²) in [5.41, 5.74) is 0.724. The highest BCUT2D eigenvalue weighted by Crippen LogP contribution is 2.41. The lowest BCUT2D eigenvalue weighted by Gasteiger charge is -2.37. The van der Waals surface area contributed by atoms with Crippen molar-refractivity contribution in [2.75, 3.05) is 31.1 Å². The van der Waals surface area contributed by atoms with Crippen molar-refractivity contribution in [3.05, 3.63) is 96.1 Å². The highest BCUT2D eigenvalue weighted by molar-refractivity contribution is 6.10. The highest BCUT2D eigenvalue weighted by Gasteiger charge is 2.54. The number of halogens is 1. The SMILES string of the molecule is O=C(CC1(c2cccc(F)c2)CC(=O)N(Cc2cccnc2)C1=O)N1CCN(c2ccccc2)CC1. The van der Waals surface area contributed by atoms with Gasteiger partial charge in [-0.05, 0) is 41.5 Å². The van der Waals surface area contributed by atoms with E-state index in [9.17, 15) is 18.8 Å². The molecule has 2 aromatic carbocycles. The first-order valence-corrected chi connectivity index (χ1v) is 12.0. The molecule has 1 aromatic heterocycles. The van der Waals surface area contributed by atoms with Crippen molar-refractivity contribution in [2.45, 2.75) is 24.8 Å². The number of imide groups is 1. The zero-order chi connectivity index (χ0) is 25.1. The van der Waals surface area contributed by atoms with Gasteiger partial charge in [-0.25, -0.2) is 4.39 Å². The summed E-state index contributed by atoms with van der Waals surface area (Å²) < 4.78 is 14.2. The summed E-state index contributed by atoms with van der Waals surface area (Å²) >= 11 is 0. The number of amides is 3. The standard InChI is InChI=1S/C28H27FN4O3/c29-23-8-4-7-22(16-23)28(18-26(35)33(27(28)36)20-21-6-5-11-30-19-21)17-25(34)32-14-12-31(13-15-32)24-9-2-1-3-10-24/h1-11,16,19H,12-15,17-18,20H2. The van der Waals surface area contributed by atoms with Crippen LogP contribution in [-0.4, -0.2) is 58.7 Å². The van der Waals surface area contributed by atoms with Crippen LogP contribution in [0.25, 0.3) is 0 Å². The van der Waals surface area contributed by atoms with Crippen LogP contribution in [0.2, 0.25) is 0 Å². The number of carbonyl (C=O) groups is 3. The molecule has 0 bridgehead atoms. The summed E-state index contributed by atoms with van der Waals surface area (Å²) in [4.78, 5) is 49.6. The molecule has 0 aliphatic carbocycles. The van der Waals surface area contributed by atoms with Gasteiger partial charge in [-0.3, -0.25) is 24.3 Å². The monoisotopic (exact) mass is 486 g/mol. The average molecular weight is 487 g/mol. The van der Waals surface area contributed by atoms with Crippen LogP contribution < -0.4 is 4.90 Å². The van der Waals surface area contributed by atoms with Gasteiger partial charge in [0.25, 0.3) is 0 Å². The first kappa shape index (κ1) is 23.7. The Morgan fingerprint density at radius 2 is 1.72 bits per heavy atom. The van der Waals surface area contributed by atoms with Crippen molar-refractivity contribution in [1.29, 1.82) is 0 Å². The van der Waals surface area contributed by atoms with Crippen LogP contribution >= 0.6 is 0 Å². The number of anilines is 1.